The first-order valence-corrected chi connectivity index (χ1v) is 13.5. The fourth-order valence-electron chi connectivity index (χ4n) is 6.47. The monoisotopic (exact) mass is 509 g/mol. The maximum Gasteiger partial charge on any atom is 0.257 e. The van der Waals surface area contributed by atoms with Crippen molar-refractivity contribution in [3.63, 3.8) is 0 Å². The van der Waals surface area contributed by atoms with E-state index in [1.165, 1.54) is 17.5 Å². The van der Waals surface area contributed by atoms with Gasteiger partial charge in [-0.3, -0.25) is 9.69 Å². The summed E-state index contributed by atoms with van der Waals surface area (Å²) in [4.78, 5) is 27.9. The number of carbonyl (C=O) groups is 1. The zero-order valence-electron chi connectivity index (χ0n) is 21.8. The lowest BCUT2D eigenvalue weighted by Crippen LogP contribution is -2.38. The summed E-state index contributed by atoms with van der Waals surface area (Å²) < 4.78 is 25.7. The molecule has 2 unspecified atom stereocenters. The Balaban J connectivity index is 1.20. The Morgan fingerprint density at radius 3 is 2.41 bits per heavy atom. The van der Waals surface area contributed by atoms with Gasteiger partial charge in [-0.1, -0.05) is 30.3 Å². The van der Waals surface area contributed by atoms with Crippen LogP contribution >= 0.6 is 0 Å². The molecule has 2 fully saturated rings. The van der Waals surface area contributed by atoms with Crippen LogP contribution in [0.4, 0.5) is 8.78 Å². The number of likely N-dealkylation sites (tertiary alicyclic amines) is 2. The molecule has 5 rings (SSSR count). The lowest BCUT2D eigenvalue weighted by molar-refractivity contribution is 0.0648. The fourth-order valence-corrected chi connectivity index (χ4v) is 6.47. The van der Waals surface area contributed by atoms with Crippen LogP contribution in [0.5, 0.6) is 0 Å². The van der Waals surface area contributed by atoms with Crippen LogP contribution in [0.1, 0.15) is 52.5 Å². The second kappa shape index (κ2) is 11.3. The van der Waals surface area contributed by atoms with Crippen LogP contribution in [0, 0.1) is 25.7 Å². The summed E-state index contributed by atoms with van der Waals surface area (Å²) in [5, 5.41) is 0. The van der Waals surface area contributed by atoms with Gasteiger partial charge >= 0.3 is 0 Å². The molecule has 0 radical (unpaired) electrons. The van der Waals surface area contributed by atoms with Gasteiger partial charge < -0.3 is 9.80 Å². The highest BCUT2D eigenvalue weighted by molar-refractivity contribution is 5.96. The predicted octanol–water partition coefficient (Wildman–Crippen LogP) is 4.52. The van der Waals surface area contributed by atoms with Crippen LogP contribution in [0.15, 0.2) is 48.4 Å². The Bertz CT molecular complexity index is 1100. The molecular formula is C29H37F2N5O. The van der Waals surface area contributed by atoms with E-state index in [9.17, 15) is 13.6 Å². The van der Waals surface area contributed by atoms with E-state index in [4.69, 9.17) is 0 Å². The van der Waals surface area contributed by atoms with Gasteiger partial charge in [0.1, 0.15) is 6.33 Å². The number of rotatable bonds is 8. The van der Waals surface area contributed by atoms with Crippen LogP contribution in [-0.2, 0) is 0 Å². The average molecular weight is 510 g/mol. The zero-order valence-corrected chi connectivity index (χ0v) is 21.8. The number of alkyl halides is 2. The summed E-state index contributed by atoms with van der Waals surface area (Å²) in [5.74, 6) is 1.34. The summed E-state index contributed by atoms with van der Waals surface area (Å²) in [6.07, 6.45) is 4.50. The molecule has 3 aliphatic rings. The minimum atomic E-state index is -2.26. The minimum absolute atomic E-state index is 0.0276. The van der Waals surface area contributed by atoms with Crippen LogP contribution in [0.3, 0.4) is 0 Å². The number of benzene rings is 1. The van der Waals surface area contributed by atoms with E-state index < -0.39 is 6.43 Å². The largest absolute Gasteiger partial charge is 0.377 e. The minimum Gasteiger partial charge on any atom is -0.377 e. The van der Waals surface area contributed by atoms with E-state index >= 15 is 0 Å². The Morgan fingerprint density at radius 1 is 1.05 bits per heavy atom. The molecule has 6 nitrogen and oxygen atoms in total. The Morgan fingerprint density at radius 2 is 1.76 bits per heavy atom. The number of halogens is 2. The maximum absolute atomic E-state index is 13.2. The normalized spacial score (nSPS) is 21.4. The number of hydrogen-bond donors (Lipinski definition) is 0. The molecular weight excluding hydrogens is 472 g/mol. The lowest BCUT2D eigenvalue weighted by atomic mass is 9.78. The van der Waals surface area contributed by atoms with Crippen molar-refractivity contribution in [2.75, 3.05) is 45.8 Å². The molecule has 4 heterocycles. The molecule has 1 aromatic heterocycles. The summed E-state index contributed by atoms with van der Waals surface area (Å²) >= 11 is 0. The summed E-state index contributed by atoms with van der Waals surface area (Å²) in [7, 11) is 0. The Kier molecular flexibility index (Phi) is 7.84. The molecule has 1 aromatic carbocycles. The number of amides is 1. The van der Waals surface area contributed by atoms with Crippen molar-refractivity contribution in [2.24, 2.45) is 11.8 Å². The van der Waals surface area contributed by atoms with Gasteiger partial charge in [0, 0.05) is 38.3 Å². The van der Waals surface area contributed by atoms with Gasteiger partial charge in [0.2, 0.25) is 0 Å². The van der Waals surface area contributed by atoms with Gasteiger partial charge in [-0.2, -0.15) is 0 Å². The van der Waals surface area contributed by atoms with Gasteiger partial charge in [0.05, 0.1) is 23.5 Å². The lowest BCUT2D eigenvalue weighted by Gasteiger charge is -2.37. The number of carbonyl (C=O) groups excluding carboxylic acids is 1. The molecule has 0 aliphatic carbocycles. The quantitative estimate of drug-likeness (QED) is 0.524. The first kappa shape index (κ1) is 25.8. The average Bonchev–Trinajstić information content (AvgIpc) is 3.44. The first-order chi connectivity index (χ1) is 17.9. The van der Waals surface area contributed by atoms with Gasteiger partial charge in [0.15, 0.2) is 0 Å². The number of fused-ring (bicyclic) bond motifs is 1. The van der Waals surface area contributed by atoms with Crippen molar-refractivity contribution in [1.29, 1.82) is 0 Å². The van der Waals surface area contributed by atoms with Crippen molar-refractivity contribution in [3.8, 4) is 0 Å². The summed E-state index contributed by atoms with van der Waals surface area (Å²) in [6.45, 7) is 8.44. The van der Waals surface area contributed by atoms with E-state index in [-0.39, 0.29) is 12.5 Å². The molecule has 2 atom stereocenters. The van der Waals surface area contributed by atoms with Gasteiger partial charge in [-0.25, -0.2) is 18.7 Å². The topological polar surface area (TPSA) is 52.6 Å². The van der Waals surface area contributed by atoms with Gasteiger partial charge in [-0.15, -0.1) is 0 Å². The van der Waals surface area contributed by atoms with Crippen molar-refractivity contribution < 1.29 is 13.6 Å². The molecule has 0 saturated carbocycles. The highest BCUT2D eigenvalue weighted by Gasteiger charge is 2.37. The van der Waals surface area contributed by atoms with E-state index in [2.05, 4.69) is 51.4 Å². The highest BCUT2D eigenvalue weighted by Crippen LogP contribution is 2.37. The maximum atomic E-state index is 13.2. The molecule has 3 aliphatic heterocycles. The molecule has 0 bridgehead atoms. The second-order valence-corrected chi connectivity index (χ2v) is 10.8. The number of nitrogens with zero attached hydrogens (tertiary/aromatic N) is 5. The molecule has 0 N–H and O–H groups in total. The van der Waals surface area contributed by atoms with Crippen molar-refractivity contribution in [2.45, 2.75) is 45.5 Å². The molecule has 0 spiro atoms. The molecule has 8 heteroatoms. The van der Waals surface area contributed by atoms with E-state index in [0.29, 0.717) is 29.9 Å². The summed E-state index contributed by atoms with van der Waals surface area (Å²) in [5.41, 5.74) is 4.78. The molecule has 198 valence electrons. The Hall–Kier alpha value is -2.87. The van der Waals surface area contributed by atoms with Crippen molar-refractivity contribution in [1.82, 2.24) is 24.7 Å². The molecule has 2 aromatic rings. The third kappa shape index (κ3) is 5.84. The van der Waals surface area contributed by atoms with Crippen LogP contribution < -0.4 is 0 Å². The predicted molar refractivity (Wildman–Crippen MR) is 140 cm³/mol. The van der Waals surface area contributed by atoms with Crippen molar-refractivity contribution >= 4 is 5.91 Å². The van der Waals surface area contributed by atoms with Gasteiger partial charge in [-0.05, 0) is 69.2 Å². The molecule has 2 saturated heterocycles. The number of aromatic nitrogens is 2. The standard InChI is InChI=1S/C29H37F2N5O/c1-20-28(21(2)33-19-32-20)29(37)36-16-24-14-35(15-25(24)17-36)13-10-26(22-6-4-3-5-7-22)23-8-11-34(12-9-23)18-27(30)31/h3-7,14,19,23,25-27H,8-13,15-18H2,1-2H3. The number of hydrogen-bond acceptors (Lipinski definition) is 5. The Labute approximate surface area is 218 Å². The molecule has 1 amide bonds. The van der Waals surface area contributed by atoms with E-state index in [1.807, 2.05) is 23.6 Å². The third-order valence-electron chi connectivity index (χ3n) is 8.42. The van der Waals surface area contributed by atoms with E-state index in [1.54, 1.807) is 0 Å². The van der Waals surface area contributed by atoms with Crippen molar-refractivity contribution in [3.05, 3.63) is 70.9 Å². The number of piperidine rings is 1. The first-order valence-electron chi connectivity index (χ1n) is 13.5. The van der Waals surface area contributed by atoms with Gasteiger partial charge in [0.25, 0.3) is 12.3 Å². The van der Waals surface area contributed by atoms with Crippen LogP contribution in [0.2, 0.25) is 0 Å². The van der Waals surface area contributed by atoms with Crippen LogP contribution in [0.25, 0.3) is 0 Å². The highest BCUT2D eigenvalue weighted by atomic mass is 19.3. The SMILES string of the molecule is Cc1ncnc(C)c1C(=O)N1CC2=CN(CCC(c3ccccc3)C3CCN(CC(F)F)CC3)CC2C1. The summed E-state index contributed by atoms with van der Waals surface area (Å²) in [6, 6.07) is 10.7. The molecule has 37 heavy (non-hydrogen) atoms. The zero-order chi connectivity index (χ0) is 25.9. The number of aryl methyl sites for hydroxylation is 2. The smallest absolute Gasteiger partial charge is 0.257 e. The van der Waals surface area contributed by atoms with Crippen LogP contribution in [-0.4, -0.2) is 82.8 Å². The second-order valence-electron chi connectivity index (χ2n) is 10.8. The van der Waals surface area contributed by atoms with E-state index in [0.717, 1.165) is 63.4 Å². The fraction of sp³-hybridized carbons (Fsp3) is 0.552. The third-order valence-corrected chi connectivity index (χ3v) is 8.42.